The van der Waals surface area contributed by atoms with E-state index in [2.05, 4.69) is 4.98 Å². The van der Waals surface area contributed by atoms with E-state index in [0.29, 0.717) is 5.57 Å². The Morgan fingerprint density at radius 1 is 1.33 bits per heavy atom. The summed E-state index contributed by atoms with van der Waals surface area (Å²) in [5, 5.41) is 0. The highest BCUT2D eigenvalue weighted by Crippen LogP contribution is 2.20. The molecule has 90 valence electrons. The molecule has 0 unspecified atom stereocenters. The van der Waals surface area contributed by atoms with Gasteiger partial charge in [-0.25, -0.2) is 4.39 Å². The molecule has 0 spiro atoms. The van der Waals surface area contributed by atoms with Gasteiger partial charge in [0, 0.05) is 18.0 Å². The van der Waals surface area contributed by atoms with E-state index in [4.69, 9.17) is 0 Å². The van der Waals surface area contributed by atoms with Crippen LogP contribution in [0.1, 0.15) is 16.7 Å². The van der Waals surface area contributed by atoms with Gasteiger partial charge in [0.25, 0.3) is 0 Å². The summed E-state index contributed by atoms with van der Waals surface area (Å²) >= 11 is 0. The van der Waals surface area contributed by atoms with Crippen LogP contribution in [0.3, 0.4) is 0 Å². The van der Waals surface area contributed by atoms with Crippen LogP contribution in [0, 0.1) is 12.7 Å². The molecule has 3 heteroatoms. The molecule has 0 amide bonds. The van der Waals surface area contributed by atoms with Crippen molar-refractivity contribution in [2.24, 2.45) is 0 Å². The van der Waals surface area contributed by atoms with Crippen molar-refractivity contribution < 1.29 is 9.18 Å². The van der Waals surface area contributed by atoms with Gasteiger partial charge in [-0.05, 0) is 47.9 Å². The predicted octanol–water partition coefficient (Wildman–Crippen LogP) is 3.27. The molecule has 0 atom stereocenters. The highest BCUT2D eigenvalue weighted by atomic mass is 19.1. The second-order valence-electron chi connectivity index (χ2n) is 3.96. The second kappa shape index (κ2) is 5.36. The molecule has 0 N–H and O–H groups in total. The number of carbonyl (C=O) groups excluding carboxylic acids is 1. The van der Waals surface area contributed by atoms with E-state index in [1.54, 1.807) is 37.5 Å². The molecular weight excluding hydrogens is 229 g/mol. The topological polar surface area (TPSA) is 30.0 Å². The number of carbonyl (C=O) groups is 1. The number of allylic oxidation sites excluding steroid dienone is 1. The van der Waals surface area contributed by atoms with Crippen LogP contribution in [-0.2, 0) is 4.79 Å². The summed E-state index contributed by atoms with van der Waals surface area (Å²) in [6.07, 6.45) is 5.84. The summed E-state index contributed by atoms with van der Waals surface area (Å²) in [6.45, 7) is 1.78. The molecule has 0 aliphatic heterocycles. The van der Waals surface area contributed by atoms with Crippen LogP contribution >= 0.6 is 0 Å². The first-order chi connectivity index (χ1) is 8.70. The van der Waals surface area contributed by atoms with Crippen LogP contribution in [0.25, 0.3) is 11.6 Å². The first-order valence-corrected chi connectivity index (χ1v) is 5.54. The maximum absolute atomic E-state index is 13.0. The number of nitrogens with zero attached hydrogens (tertiary/aromatic N) is 1. The van der Waals surface area contributed by atoms with E-state index in [0.717, 1.165) is 23.0 Å². The molecule has 18 heavy (non-hydrogen) atoms. The van der Waals surface area contributed by atoms with Crippen LogP contribution in [0.15, 0.2) is 42.7 Å². The van der Waals surface area contributed by atoms with Gasteiger partial charge in [-0.1, -0.05) is 12.1 Å². The summed E-state index contributed by atoms with van der Waals surface area (Å²) in [6, 6.07) is 8.03. The number of hydrogen-bond donors (Lipinski definition) is 0. The Bertz CT molecular complexity index is 591. The number of hydrogen-bond acceptors (Lipinski definition) is 2. The summed E-state index contributed by atoms with van der Waals surface area (Å²) < 4.78 is 13.0. The van der Waals surface area contributed by atoms with Crippen molar-refractivity contribution in [3.05, 3.63) is 65.2 Å². The average Bonchev–Trinajstić information content (AvgIpc) is 2.38. The summed E-state index contributed by atoms with van der Waals surface area (Å²) in [7, 11) is 0. The molecule has 0 fully saturated rings. The van der Waals surface area contributed by atoms with Crippen molar-refractivity contribution >= 4 is 17.9 Å². The third-order valence-electron chi connectivity index (χ3n) is 2.63. The molecule has 1 heterocycles. The van der Waals surface area contributed by atoms with Gasteiger partial charge in [0.15, 0.2) is 6.29 Å². The molecule has 0 saturated carbocycles. The van der Waals surface area contributed by atoms with Gasteiger partial charge in [0.1, 0.15) is 5.82 Å². The summed E-state index contributed by atoms with van der Waals surface area (Å²) in [5.74, 6) is -0.303. The van der Waals surface area contributed by atoms with Gasteiger partial charge in [0.05, 0.1) is 0 Å². The number of pyridine rings is 1. The van der Waals surface area contributed by atoms with Gasteiger partial charge in [-0.3, -0.25) is 9.78 Å². The minimum atomic E-state index is -0.303. The molecular formula is C15H12FNO. The zero-order chi connectivity index (χ0) is 13.0. The number of aromatic nitrogens is 1. The fraction of sp³-hybridized carbons (Fsp3) is 0.0667. The molecule has 1 aromatic carbocycles. The molecule has 0 saturated heterocycles. The first kappa shape index (κ1) is 12.2. The zero-order valence-electron chi connectivity index (χ0n) is 9.93. The highest BCUT2D eigenvalue weighted by molar-refractivity contribution is 6.13. The number of aldehydes is 1. The van der Waals surface area contributed by atoms with Crippen molar-refractivity contribution in [3.63, 3.8) is 0 Å². The quantitative estimate of drug-likeness (QED) is 0.609. The van der Waals surface area contributed by atoms with E-state index in [-0.39, 0.29) is 5.82 Å². The molecule has 0 aliphatic carbocycles. The lowest BCUT2D eigenvalue weighted by Crippen LogP contribution is -1.91. The molecule has 2 rings (SSSR count). The second-order valence-corrected chi connectivity index (χ2v) is 3.96. The molecule has 0 radical (unpaired) electrons. The summed E-state index contributed by atoms with van der Waals surface area (Å²) in [5.41, 5.74) is 2.82. The lowest BCUT2D eigenvalue weighted by molar-refractivity contribution is -0.103. The molecule has 1 aromatic heterocycles. The van der Waals surface area contributed by atoms with Crippen LogP contribution in [0.2, 0.25) is 0 Å². The Labute approximate surface area is 105 Å². The van der Waals surface area contributed by atoms with E-state index in [1.165, 1.54) is 12.1 Å². The fourth-order valence-electron chi connectivity index (χ4n) is 1.77. The smallest absolute Gasteiger partial charge is 0.150 e. The van der Waals surface area contributed by atoms with Gasteiger partial charge in [0.2, 0.25) is 0 Å². The monoisotopic (exact) mass is 241 g/mol. The van der Waals surface area contributed by atoms with Crippen molar-refractivity contribution in [2.45, 2.75) is 6.92 Å². The minimum absolute atomic E-state index is 0.303. The summed E-state index contributed by atoms with van der Waals surface area (Å²) in [4.78, 5) is 15.1. The largest absolute Gasteiger partial charge is 0.298 e. The van der Waals surface area contributed by atoms with Crippen LogP contribution < -0.4 is 0 Å². The lowest BCUT2D eigenvalue weighted by atomic mass is 10.00. The molecule has 2 aromatic rings. The van der Waals surface area contributed by atoms with E-state index in [9.17, 15) is 9.18 Å². The van der Waals surface area contributed by atoms with Crippen molar-refractivity contribution in [3.8, 4) is 0 Å². The predicted molar refractivity (Wildman–Crippen MR) is 69.3 cm³/mol. The number of rotatable bonds is 3. The maximum Gasteiger partial charge on any atom is 0.150 e. The Balaban J connectivity index is 2.46. The van der Waals surface area contributed by atoms with Gasteiger partial charge >= 0.3 is 0 Å². The van der Waals surface area contributed by atoms with E-state index < -0.39 is 0 Å². The Kier molecular flexibility index (Phi) is 3.63. The van der Waals surface area contributed by atoms with Crippen LogP contribution in [-0.4, -0.2) is 11.3 Å². The van der Waals surface area contributed by atoms with E-state index in [1.807, 2.05) is 6.07 Å². The Hall–Kier alpha value is -2.29. The highest BCUT2D eigenvalue weighted by Gasteiger charge is 2.05. The van der Waals surface area contributed by atoms with Crippen molar-refractivity contribution in [1.82, 2.24) is 4.98 Å². The van der Waals surface area contributed by atoms with E-state index >= 15 is 0 Å². The number of benzene rings is 1. The first-order valence-electron chi connectivity index (χ1n) is 5.54. The van der Waals surface area contributed by atoms with Crippen molar-refractivity contribution in [1.29, 1.82) is 0 Å². The molecule has 2 nitrogen and oxygen atoms in total. The molecule has 0 aliphatic rings. The number of aryl methyl sites for hydroxylation is 1. The SMILES string of the molecule is Cc1cc(F)ccc1C(C=O)=Cc1cccnc1. The Morgan fingerprint density at radius 3 is 2.78 bits per heavy atom. The third kappa shape index (κ3) is 2.69. The average molecular weight is 241 g/mol. The lowest BCUT2D eigenvalue weighted by Gasteiger charge is -2.05. The third-order valence-corrected chi connectivity index (χ3v) is 2.63. The normalized spacial score (nSPS) is 11.3. The fourth-order valence-corrected chi connectivity index (χ4v) is 1.77. The van der Waals surface area contributed by atoms with Crippen molar-refractivity contribution in [2.75, 3.05) is 0 Å². The van der Waals surface area contributed by atoms with Gasteiger partial charge in [-0.2, -0.15) is 0 Å². The maximum atomic E-state index is 13.0. The zero-order valence-corrected chi connectivity index (χ0v) is 9.93. The Morgan fingerprint density at radius 2 is 2.17 bits per heavy atom. The minimum Gasteiger partial charge on any atom is -0.298 e. The molecule has 0 bridgehead atoms. The van der Waals surface area contributed by atoms with Gasteiger partial charge < -0.3 is 0 Å². The number of halogens is 1. The van der Waals surface area contributed by atoms with Crippen LogP contribution in [0.4, 0.5) is 4.39 Å². The van der Waals surface area contributed by atoms with Gasteiger partial charge in [-0.15, -0.1) is 0 Å². The van der Waals surface area contributed by atoms with Crippen LogP contribution in [0.5, 0.6) is 0 Å². The standard InChI is InChI=1S/C15H12FNO/c1-11-7-14(16)4-5-15(11)13(10-18)8-12-3-2-6-17-9-12/h2-10H,1H3.